The molecule has 1 aromatic rings. The second-order valence-electron chi connectivity index (χ2n) is 5.97. The third-order valence-electron chi connectivity index (χ3n) is 3.94. The SMILES string of the molecule is COC1CN(c2ncc(CNC(C)C)cc2C)CC1OC. The van der Waals surface area contributed by atoms with Crippen molar-refractivity contribution in [3.63, 3.8) is 0 Å². The molecule has 21 heavy (non-hydrogen) atoms. The minimum Gasteiger partial charge on any atom is -0.377 e. The number of pyridine rings is 1. The van der Waals surface area contributed by atoms with Crippen molar-refractivity contribution in [1.82, 2.24) is 10.3 Å². The number of nitrogens with zero attached hydrogens (tertiary/aromatic N) is 2. The van der Waals surface area contributed by atoms with E-state index >= 15 is 0 Å². The fourth-order valence-corrected chi connectivity index (χ4v) is 2.75. The molecule has 0 radical (unpaired) electrons. The van der Waals surface area contributed by atoms with Crippen molar-refractivity contribution in [3.05, 3.63) is 23.4 Å². The standard InChI is InChI=1S/C16H27N3O2/c1-11(2)17-7-13-6-12(3)16(18-8-13)19-9-14(20-4)15(10-19)21-5/h6,8,11,14-15,17H,7,9-10H2,1-5H3. The first kappa shape index (κ1) is 16.2. The van der Waals surface area contributed by atoms with E-state index in [-0.39, 0.29) is 12.2 Å². The van der Waals surface area contributed by atoms with Crippen molar-refractivity contribution in [1.29, 1.82) is 0 Å². The van der Waals surface area contributed by atoms with Gasteiger partial charge in [0.2, 0.25) is 0 Å². The Morgan fingerprint density at radius 3 is 2.38 bits per heavy atom. The fraction of sp³-hybridized carbons (Fsp3) is 0.688. The monoisotopic (exact) mass is 293 g/mol. The Labute approximate surface area is 127 Å². The van der Waals surface area contributed by atoms with E-state index in [0.29, 0.717) is 6.04 Å². The lowest BCUT2D eigenvalue weighted by atomic mass is 10.2. The predicted octanol–water partition coefficient (Wildman–Crippen LogP) is 1.74. The largest absolute Gasteiger partial charge is 0.377 e. The van der Waals surface area contributed by atoms with Crippen molar-refractivity contribution in [2.45, 2.75) is 45.6 Å². The maximum atomic E-state index is 5.49. The molecule has 0 spiro atoms. The molecular formula is C16H27N3O2. The van der Waals surface area contributed by atoms with Crippen LogP contribution in [0.5, 0.6) is 0 Å². The summed E-state index contributed by atoms with van der Waals surface area (Å²) < 4.78 is 11.0. The van der Waals surface area contributed by atoms with Gasteiger partial charge >= 0.3 is 0 Å². The van der Waals surface area contributed by atoms with Gasteiger partial charge in [-0.25, -0.2) is 4.98 Å². The summed E-state index contributed by atoms with van der Waals surface area (Å²) in [5.74, 6) is 1.03. The molecule has 5 heteroatoms. The van der Waals surface area contributed by atoms with Gasteiger partial charge in [-0.1, -0.05) is 13.8 Å². The Balaban J connectivity index is 2.07. The van der Waals surface area contributed by atoms with Crippen molar-refractivity contribution in [2.75, 3.05) is 32.2 Å². The lowest BCUT2D eigenvalue weighted by molar-refractivity contribution is -0.00461. The minimum absolute atomic E-state index is 0.110. The zero-order valence-electron chi connectivity index (χ0n) is 13.7. The number of ether oxygens (including phenoxy) is 2. The molecule has 0 saturated carbocycles. The Morgan fingerprint density at radius 2 is 1.90 bits per heavy atom. The number of aryl methyl sites for hydroxylation is 1. The number of aromatic nitrogens is 1. The summed E-state index contributed by atoms with van der Waals surface area (Å²) in [6.07, 6.45) is 2.18. The minimum atomic E-state index is 0.110. The van der Waals surface area contributed by atoms with Crippen molar-refractivity contribution in [2.24, 2.45) is 0 Å². The third-order valence-corrected chi connectivity index (χ3v) is 3.94. The van der Waals surface area contributed by atoms with E-state index in [9.17, 15) is 0 Å². The van der Waals surface area contributed by atoms with Crippen LogP contribution in [-0.2, 0) is 16.0 Å². The molecule has 0 bridgehead atoms. The number of hydrogen-bond acceptors (Lipinski definition) is 5. The van der Waals surface area contributed by atoms with Gasteiger partial charge in [-0.15, -0.1) is 0 Å². The van der Waals surface area contributed by atoms with Crippen molar-refractivity contribution in [3.8, 4) is 0 Å². The molecule has 1 aromatic heterocycles. The average Bonchev–Trinajstić information content (AvgIpc) is 2.88. The Hall–Kier alpha value is -1.17. The van der Waals surface area contributed by atoms with Crippen LogP contribution in [0.3, 0.4) is 0 Å². The van der Waals surface area contributed by atoms with Gasteiger partial charge in [0.1, 0.15) is 18.0 Å². The molecule has 5 nitrogen and oxygen atoms in total. The van der Waals surface area contributed by atoms with Gasteiger partial charge in [-0.05, 0) is 24.1 Å². The number of hydrogen-bond donors (Lipinski definition) is 1. The molecule has 2 atom stereocenters. The highest BCUT2D eigenvalue weighted by Gasteiger charge is 2.34. The number of nitrogens with one attached hydrogen (secondary N) is 1. The summed E-state index contributed by atoms with van der Waals surface area (Å²) >= 11 is 0. The molecule has 2 rings (SSSR count). The molecule has 1 fully saturated rings. The topological polar surface area (TPSA) is 46.6 Å². The summed E-state index contributed by atoms with van der Waals surface area (Å²) in [5.41, 5.74) is 2.42. The summed E-state index contributed by atoms with van der Waals surface area (Å²) in [7, 11) is 3.47. The smallest absolute Gasteiger partial charge is 0.131 e. The van der Waals surface area contributed by atoms with Crippen LogP contribution in [0.1, 0.15) is 25.0 Å². The predicted molar refractivity (Wildman–Crippen MR) is 84.8 cm³/mol. The second-order valence-corrected chi connectivity index (χ2v) is 5.97. The highest BCUT2D eigenvalue weighted by Crippen LogP contribution is 2.25. The lowest BCUT2D eigenvalue weighted by Gasteiger charge is -2.20. The van der Waals surface area contributed by atoms with Crippen LogP contribution in [0.15, 0.2) is 12.3 Å². The van der Waals surface area contributed by atoms with E-state index in [1.165, 1.54) is 11.1 Å². The van der Waals surface area contributed by atoms with Crippen LogP contribution < -0.4 is 10.2 Å². The second kappa shape index (κ2) is 7.20. The molecule has 2 unspecified atom stereocenters. The zero-order chi connectivity index (χ0) is 15.4. The molecule has 1 N–H and O–H groups in total. The number of rotatable bonds is 6. The van der Waals surface area contributed by atoms with E-state index in [0.717, 1.165) is 25.5 Å². The van der Waals surface area contributed by atoms with Crippen LogP contribution in [0, 0.1) is 6.92 Å². The van der Waals surface area contributed by atoms with Crippen LogP contribution in [0.4, 0.5) is 5.82 Å². The van der Waals surface area contributed by atoms with Gasteiger partial charge in [0.15, 0.2) is 0 Å². The van der Waals surface area contributed by atoms with Crippen LogP contribution in [-0.4, -0.2) is 50.5 Å². The maximum absolute atomic E-state index is 5.49. The molecule has 1 aliphatic heterocycles. The normalized spacial score (nSPS) is 22.3. The van der Waals surface area contributed by atoms with Gasteiger partial charge in [0, 0.05) is 46.1 Å². The highest BCUT2D eigenvalue weighted by molar-refractivity contribution is 5.49. The van der Waals surface area contributed by atoms with Crippen molar-refractivity contribution >= 4 is 5.82 Å². The van der Waals surface area contributed by atoms with Gasteiger partial charge < -0.3 is 19.7 Å². The van der Waals surface area contributed by atoms with Gasteiger partial charge in [0.05, 0.1) is 0 Å². The number of methoxy groups -OCH3 is 2. The van der Waals surface area contributed by atoms with Crippen LogP contribution >= 0.6 is 0 Å². The third kappa shape index (κ3) is 3.93. The fourth-order valence-electron chi connectivity index (χ4n) is 2.75. The van der Waals surface area contributed by atoms with Crippen LogP contribution in [0.25, 0.3) is 0 Å². The average molecular weight is 293 g/mol. The van der Waals surface area contributed by atoms with Gasteiger partial charge in [0.25, 0.3) is 0 Å². The summed E-state index contributed by atoms with van der Waals surface area (Å²) in [6.45, 7) is 8.92. The molecule has 118 valence electrons. The first-order valence-corrected chi connectivity index (χ1v) is 7.54. The van der Waals surface area contributed by atoms with E-state index in [4.69, 9.17) is 9.47 Å². The Morgan fingerprint density at radius 1 is 1.29 bits per heavy atom. The quantitative estimate of drug-likeness (QED) is 0.865. The van der Waals surface area contributed by atoms with E-state index < -0.39 is 0 Å². The summed E-state index contributed by atoms with van der Waals surface area (Å²) in [6, 6.07) is 2.69. The van der Waals surface area contributed by atoms with Crippen LogP contribution in [0.2, 0.25) is 0 Å². The van der Waals surface area contributed by atoms with E-state index in [2.05, 4.69) is 42.0 Å². The Bertz CT molecular complexity index is 453. The molecule has 1 saturated heterocycles. The van der Waals surface area contributed by atoms with E-state index in [1.807, 2.05) is 6.20 Å². The molecule has 0 amide bonds. The lowest BCUT2D eigenvalue weighted by Crippen LogP contribution is -2.27. The molecule has 2 heterocycles. The highest BCUT2D eigenvalue weighted by atomic mass is 16.5. The summed E-state index contributed by atoms with van der Waals surface area (Å²) in [4.78, 5) is 6.90. The zero-order valence-corrected chi connectivity index (χ0v) is 13.7. The molecule has 0 aromatic carbocycles. The maximum Gasteiger partial charge on any atom is 0.131 e. The van der Waals surface area contributed by atoms with Gasteiger partial charge in [-0.2, -0.15) is 0 Å². The number of anilines is 1. The Kier molecular flexibility index (Phi) is 5.56. The molecule has 1 aliphatic rings. The van der Waals surface area contributed by atoms with Crippen molar-refractivity contribution < 1.29 is 9.47 Å². The van der Waals surface area contributed by atoms with E-state index in [1.54, 1.807) is 14.2 Å². The summed E-state index contributed by atoms with van der Waals surface area (Å²) in [5, 5.41) is 3.42. The molecular weight excluding hydrogens is 266 g/mol. The first-order valence-electron chi connectivity index (χ1n) is 7.54. The van der Waals surface area contributed by atoms with Gasteiger partial charge in [-0.3, -0.25) is 0 Å². The molecule has 0 aliphatic carbocycles. The first-order chi connectivity index (χ1) is 10.0.